The molecule has 4 aromatic rings. The molecule has 6 heterocycles. The molecule has 266 valence electrons. The summed E-state index contributed by atoms with van der Waals surface area (Å²) in [5.41, 5.74) is 9.67. The van der Waals surface area contributed by atoms with E-state index in [-0.39, 0.29) is 55.4 Å². The van der Waals surface area contributed by atoms with Crippen molar-refractivity contribution in [2.24, 2.45) is 0 Å². The average molecular weight is 700 g/mol. The predicted molar refractivity (Wildman–Crippen MR) is 185 cm³/mol. The third-order valence-corrected chi connectivity index (χ3v) is 10.6. The quantitative estimate of drug-likeness (QED) is 0.252. The number of fused-ring (bicyclic) bond motifs is 1. The van der Waals surface area contributed by atoms with Gasteiger partial charge in [0.2, 0.25) is 11.8 Å². The fourth-order valence-electron chi connectivity index (χ4n) is 8.02. The number of phenols is 1. The van der Waals surface area contributed by atoms with E-state index in [1.165, 1.54) is 0 Å². The van der Waals surface area contributed by atoms with Gasteiger partial charge in [0.15, 0.2) is 5.82 Å². The zero-order valence-corrected chi connectivity index (χ0v) is 27.9. The van der Waals surface area contributed by atoms with Crippen LogP contribution in [0.15, 0.2) is 60.9 Å². The molecule has 2 atom stereocenters. The molecule has 0 bridgehead atoms. The number of alkyl halides is 2. The van der Waals surface area contributed by atoms with E-state index in [1.807, 2.05) is 22.1 Å². The number of aromatic hydroxyl groups is 1. The molecule has 8 rings (SSSR count). The highest BCUT2D eigenvalue weighted by atomic mass is 19.3. The van der Waals surface area contributed by atoms with Gasteiger partial charge in [-0.3, -0.25) is 19.8 Å². The number of hydrogen-bond acceptors (Lipinski definition) is 11. The van der Waals surface area contributed by atoms with Gasteiger partial charge in [-0.05, 0) is 56.5 Å². The van der Waals surface area contributed by atoms with Gasteiger partial charge in [-0.2, -0.15) is 5.10 Å². The van der Waals surface area contributed by atoms with Crippen LogP contribution < -0.4 is 25.6 Å². The lowest BCUT2D eigenvalue weighted by atomic mass is 9.83. The molecule has 13 nitrogen and oxygen atoms in total. The Bertz CT molecular complexity index is 1960. The van der Waals surface area contributed by atoms with Crippen LogP contribution in [0, 0.1) is 0 Å². The Balaban J connectivity index is 0.921. The Kier molecular flexibility index (Phi) is 8.44. The van der Waals surface area contributed by atoms with Crippen molar-refractivity contribution in [1.82, 2.24) is 30.2 Å². The van der Waals surface area contributed by atoms with Crippen molar-refractivity contribution >= 4 is 29.0 Å². The Labute approximate surface area is 293 Å². The number of halogens is 2. The van der Waals surface area contributed by atoms with Gasteiger partial charge >= 0.3 is 0 Å². The highest BCUT2D eigenvalue weighted by Crippen LogP contribution is 2.48. The van der Waals surface area contributed by atoms with E-state index < -0.39 is 17.9 Å². The van der Waals surface area contributed by atoms with Gasteiger partial charge in [0.1, 0.15) is 29.8 Å². The highest BCUT2D eigenvalue weighted by molar-refractivity contribution is 6.02. The van der Waals surface area contributed by atoms with Crippen LogP contribution >= 0.6 is 0 Å². The Morgan fingerprint density at radius 2 is 1.78 bits per heavy atom. The van der Waals surface area contributed by atoms with Crippen LogP contribution in [0.4, 0.5) is 26.0 Å². The predicted octanol–water partition coefficient (Wildman–Crippen LogP) is 3.71. The van der Waals surface area contributed by atoms with Crippen LogP contribution in [0.25, 0.3) is 16.9 Å². The van der Waals surface area contributed by atoms with E-state index in [1.54, 1.807) is 53.3 Å². The minimum Gasteiger partial charge on any atom is -0.507 e. The van der Waals surface area contributed by atoms with E-state index in [9.17, 15) is 14.7 Å². The van der Waals surface area contributed by atoms with E-state index in [4.69, 9.17) is 10.5 Å². The van der Waals surface area contributed by atoms with Crippen LogP contribution in [-0.4, -0.2) is 99.1 Å². The van der Waals surface area contributed by atoms with Gasteiger partial charge in [0, 0.05) is 36.7 Å². The first-order valence-electron chi connectivity index (χ1n) is 17.4. The molecule has 15 heteroatoms. The molecule has 2 aromatic carbocycles. The lowest BCUT2D eigenvalue weighted by molar-refractivity contribution is -0.134. The Hall–Kier alpha value is -5.31. The second-order valence-electron chi connectivity index (χ2n) is 13.7. The number of hydrogen-bond donors (Lipinski definition) is 3. The molecule has 2 amide bonds. The molecular weight excluding hydrogens is 660 g/mol. The van der Waals surface area contributed by atoms with Gasteiger partial charge in [0.05, 0.1) is 48.5 Å². The molecule has 0 radical (unpaired) electrons. The number of likely N-dealkylation sites (tertiary alicyclic amines) is 1. The number of nitrogens with two attached hydrogens (primary N) is 1. The first kappa shape index (κ1) is 32.9. The third kappa shape index (κ3) is 6.19. The number of aromatic nitrogens is 4. The number of rotatable bonds is 6. The van der Waals surface area contributed by atoms with Crippen LogP contribution in [0.1, 0.15) is 43.6 Å². The van der Waals surface area contributed by atoms with E-state index >= 15 is 8.78 Å². The molecule has 0 spiro atoms. The minimum absolute atomic E-state index is 0.0215. The van der Waals surface area contributed by atoms with Crippen molar-refractivity contribution in [3.63, 3.8) is 0 Å². The molecule has 0 aliphatic carbocycles. The van der Waals surface area contributed by atoms with E-state index in [0.29, 0.717) is 66.5 Å². The van der Waals surface area contributed by atoms with Crippen molar-refractivity contribution in [3.05, 3.63) is 66.5 Å². The summed E-state index contributed by atoms with van der Waals surface area (Å²) in [6.45, 7) is 2.28. The third-order valence-electron chi connectivity index (χ3n) is 10.6. The molecule has 2 aromatic heterocycles. The molecule has 0 saturated carbocycles. The average Bonchev–Trinajstić information content (AvgIpc) is 3.62. The number of imide groups is 1. The summed E-state index contributed by atoms with van der Waals surface area (Å²) >= 11 is 0. The maximum Gasteiger partial charge on any atom is 0.267 e. The SMILES string of the molecule is Nc1nnc(-c2ccccc2O)cc1-n1cc(N2CCC(N3CC[C@@H](c4cccc5c4OCCN5[C@@H]4CCC(=O)NC4=O)C(F)(F)C3)CC2)cn1. The maximum absolute atomic E-state index is 16.1. The molecule has 3 fully saturated rings. The molecule has 3 saturated heterocycles. The summed E-state index contributed by atoms with van der Waals surface area (Å²) in [6, 6.07) is 13.4. The smallest absolute Gasteiger partial charge is 0.267 e. The maximum atomic E-state index is 16.1. The lowest BCUT2D eigenvalue weighted by Gasteiger charge is -2.45. The van der Waals surface area contributed by atoms with Gasteiger partial charge in [-0.15, -0.1) is 10.2 Å². The molecule has 4 aliphatic rings. The van der Waals surface area contributed by atoms with Crippen molar-refractivity contribution in [1.29, 1.82) is 0 Å². The van der Waals surface area contributed by atoms with Crippen LogP contribution in [0.5, 0.6) is 11.5 Å². The monoisotopic (exact) mass is 699 g/mol. The summed E-state index contributed by atoms with van der Waals surface area (Å²) in [5, 5.41) is 25.4. The highest BCUT2D eigenvalue weighted by Gasteiger charge is 2.49. The Morgan fingerprint density at radius 3 is 2.57 bits per heavy atom. The number of amides is 2. The van der Waals surface area contributed by atoms with E-state index in [0.717, 1.165) is 18.5 Å². The van der Waals surface area contributed by atoms with Gasteiger partial charge in [0.25, 0.3) is 5.92 Å². The molecule has 51 heavy (non-hydrogen) atoms. The van der Waals surface area contributed by atoms with E-state index in [2.05, 4.69) is 25.5 Å². The number of para-hydroxylation sites is 2. The fraction of sp³-hybridized carbons (Fsp3) is 0.417. The van der Waals surface area contributed by atoms with Crippen molar-refractivity contribution in [2.45, 2.75) is 56.0 Å². The first-order valence-corrected chi connectivity index (χ1v) is 17.4. The van der Waals surface area contributed by atoms with Crippen LogP contribution in [-0.2, 0) is 9.59 Å². The van der Waals surface area contributed by atoms with Gasteiger partial charge < -0.3 is 25.4 Å². The molecule has 4 N–H and O–H groups in total. The van der Waals surface area contributed by atoms with Gasteiger partial charge in [-0.1, -0.05) is 24.3 Å². The number of nitrogens with one attached hydrogen (secondary N) is 1. The standard InChI is InChI=1S/C36H39F2N9O4/c37-36(38)21-45(15-12-26(36)24-5-3-6-28-33(24)51-17-16-46(28)29-8-9-32(49)41-35(29)50)22-10-13-44(14-11-22)23-19-40-47(20-23)30-18-27(42-43-34(30)39)25-4-1-2-7-31(25)48/h1-7,18-20,22,26,29,48H,8-17,21H2,(H2,39,43)(H,41,49,50)/t26-,29+/m0/s1. The summed E-state index contributed by atoms with van der Waals surface area (Å²) in [6.07, 6.45) is 5.98. The van der Waals surface area contributed by atoms with Gasteiger partial charge in [-0.25, -0.2) is 13.5 Å². The van der Waals surface area contributed by atoms with Crippen molar-refractivity contribution in [2.75, 3.05) is 54.9 Å². The number of benzene rings is 2. The van der Waals surface area contributed by atoms with Crippen molar-refractivity contribution in [3.8, 4) is 28.4 Å². The van der Waals surface area contributed by atoms with Crippen LogP contribution in [0.2, 0.25) is 0 Å². The second-order valence-corrected chi connectivity index (χ2v) is 13.7. The van der Waals surface area contributed by atoms with Crippen molar-refractivity contribution < 1.29 is 28.2 Å². The molecular formula is C36H39F2N9O4. The fourth-order valence-corrected chi connectivity index (χ4v) is 8.02. The number of anilines is 3. The topological polar surface area (TPSA) is 155 Å². The number of ether oxygens (including phenoxy) is 1. The number of phenolic OH excluding ortho intramolecular Hbond substituents is 1. The zero-order valence-electron chi connectivity index (χ0n) is 27.9. The number of carbonyl (C=O) groups excluding carboxylic acids is 2. The minimum atomic E-state index is -2.99. The summed E-state index contributed by atoms with van der Waals surface area (Å²) in [4.78, 5) is 30.4. The summed E-state index contributed by atoms with van der Waals surface area (Å²) in [7, 11) is 0. The Morgan fingerprint density at radius 1 is 0.961 bits per heavy atom. The summed E-state index contributed by atoms with van der Waals surface area (Å²) < 4.78 is 39.9. The lowest BCUT2D eigenvalue weighted by Crippen LogP contribution is -2.55. The largest absolute Gasteiger partial charge is 0.507 e. The molecule has 0 unspecified atom stereocenters. The number of carbonyl (C=O) groups is 2. The summed E-state index contributed by atoms with van der Waals surface area (Å²) in [5.74, 6) is -3.96. The van der Waals surface area contributed by atoms with Crippen LogP contribution in [0.3, 0.4) is 0 Å². The molecule has 4 aliphatic heterocycles. The number of nitrogen functional groups attached to an aromatic ring is 1. The normalized spacial score (nSPS) is 22.7. The number of nitrogens with zero attached hydrogens (tertiary/aromatic N) is 7. The zero-order chi connectivity index (χ0) is 35.3. The first-order chi connectivity index (χ1) is 24.7. The second kappa shape index (κ2) is 13.1. The number of piperidine rings is 3.